The van der Waals surface area contributed by atoms with Crippen molar-refractivity contribution in [1.29, 1.82) is 0 Å². The minimum atomic E-state index is -0.170. The van der Waals surface area contributed by atoms with Crippen LogP contribution in [0.5, 0.6) is 0 Å². The molecule has 0 spiro atoms. The Bertz CT molecular complexity index is 1080. The molecule has 0 fully saturated rings. The Hall–Kier alpha value is -2.89. The Balaban J connectivity index is 1.77. The van der Waals surface area contributed by atoms with E-state index in [0.717, 1.165) is 35.2 Å². The number of anilines is 1. The van der Waals surface area contributed by atoms with Gasteiger partial charge in [0.1, 0.15) is 12.2 Å². The fraction of sp³-hybridized carbons (Fsp3) is 0.350. The Kier molecular flexibility index (Phi) is 3.90. The summed E-state index contributed by atoms with van der Waals surface area (Å²) in [5.74, 6) is -0.0664. The first kappa shape index (κ1) is 16.6. The molecule has 134 valence electrons. The summed E-state index contributed by atoms with van der Waals surface area (Å²) < 4.78 is 3.23. The molecule has 0 unspecified atom stereocenters. The summed E-state index contributed by atoms with van der Waals surface area (Å²) in [6.45, 7) is 4.53. The quantitative estimate of drug-likeness (QED) is 0.713. The third-order valence-corrected chi connectivity index (χ3v) is 5.15. The minimum absolute atomic E-state index is 0.0168. The molecule has 6 nitrogen and oxygen atoms in total. The summed E-state index contributed by atoms with van der Waals surface area (Å²) >= 11 is 0. The van der Waals surface area contributed by atoms with E-state index in [0.29, 0.717) is 12.2 Å². The Morgan fingerprint density at radius 2 is 2.00 bits per heavy atom. The predicted molar refractivity (Wildman–Crippen MR) is 102 cm³/mol. The standard InChI is InChI=1S/C20H22N4O2/c1-13-11-17(25)24(20-19(13)14(2)21-22(20)3)12-18(26)23-10-6-8-15-7-4-5-9-16(15)23/h4-5,7,9,11H,6,8,10,12H2,1-3H3. The molecule has 0 bridgehead atoms. The zero-order valence-corrected chi connectivity index (χ0v) is 15.3. The van der Waals surface area contributed by atoms with E-state index in [9.17, 15) is 9.59 Å². The summed E-state index contributed by atoms with van der Waals surface area (Å²) in [4.78, 5) is 27.5. The molecule has 6 heteroatoms. The number of hydrogen-bond acceptors (Lipinski definition) is 3. The van der Waals surface area contributed by atoms with Crippen LogP contribution in [0.25, 0.3) is 11.0 Å². The van der Waals surface area contributed by atoms with Crippen molar-refractivity contribution in [2.75, 3.05) is 11.4 Å². The summed E-state index contributed by atoms with van der Waals surface area (Å²) in [6.07, 6.45) is 1.92. The van der Waals surface area contributed by atoms with Crippen molar-refractivity contribution >= 4 is 22.6 Å². The van der Waals surface area contributed by atoms with E-state index in [-0.39, 0.29) is 18.0 Å². The number of amides is 1. The summed E-state index contributed by atoms with van der Waals surface area (Å²) in [6, 6.07) is 9.59. The molecule has 0 N–H and O–H groups in total. The van der Waals surface area contributed by atoms with E-state index < -0.39 is 0 Å². The second kappa shape index (κ2) is 6.12. The fourth-order valence-corrected chi connectivity index (χ4v) is 4.02. The van der Waals surface area contributed by atoms with Crippen LogP contribution in [0, 0.1) is 13.8 Å². The summed E-state index contributed by atoms with van der Waals surface area (Å²) in [5, 5.41) is 5.38. The van der Waals surface area contributed by atoms with Crippen LogP contribution in [-0.2, 0) is 24.8 Å². The first-order valence-corrected chi connectivity index (χ1v) is 8.89. The highest BCUT2D eigenvalue weighted by atomic mass is 16.2. The molecule has 0 saturated heterocycles. The zero-order valence-electron chi connectivity index (χ0n) is 15.3. The second-order valence-corrected chi connectivity index (χ2v) is 6.94. The number of aryl methyl sites for hydroxylation is 4. The molecule has 1 amide bonds. The van der Waals surface area contributed by atoms with Crippen LogP contribution in [-0.4, -0.2) is 26.8 Å². The van der Waals surface area contributed by atoms with Gasteiger partial charge in [0, 0.05) is 30.7 Å². The van der Waals surface area contributed by atoms with Crippen LogP contribution in [0.15, 0.2) is 35.1 Å². The van der Waals surface area contributed by atoms with Crippen molar-refractivity contribution in [2.24, 2.45) is 7.05 Å². The molecule has 3 heterocycles. The van der Waals surface area contributed by atoms with Gasteiger partial charge in [-0.1, -0.05) is 18.2 Å². The van der Waals surface area contributed by atoms with E-state index in [1.165, 1.54) is 5.56 Å². The Morgan fingerprint density at radius 1 is 1.23 bits per heavy atom. The maximum Gasteiger partial charge on any atom is 0.252 e. The van der Waals surface area contributed by atoms with Crippen LogP contribution in [0.2, 0.25) is 0 Å². The molecule has 0 aliphatic carbocycles. The maximum atomic E-state index is 13.1. The second-order valence-electron chi connectivity index (χ2n) is 6.94. The highest BCUT2D eigenvalue weighted by Crippen LogP contribution is 2.27. The first-order valence-electron chi connectivity index (χ1n) is 8.89. The molecule has 1 aliphatic rings. The number of benzene rings is 1. The number of hydrogen-bond donors (Lipinski definition) is 0. The number of carbonyl (C=O) groups excluding carboxylic acids is 1. The lowest BCUT2D eigenvalue weighted by atomic mass is 10.0. The lowest BCUT2D eigenvalue weighted by Crippen LogP contribution is -2.39. The van der Waals surface area contributed by atoms with Gasteiger partial charge in [-0.25, -0.2) is 0 Å². The maximum absolute atomic E-state index is 13.1. The van der Waals surface area contributed by atoms with Crippen LogP contribution >= 0.6 is 0 Å². The molecule has 0 radical (unpaired) electrons. The number of nitrogens with zero attached hydrogens (tertiary/aromatic N) is 4. The Morgan fingerprint density at radius 3 is 2.81 bits per heavy atom. The number of pyridine rings is 1. The van der Waals surface area contributed by atoms with Crippen LogP contribution in [0.3, 0.4) is 0 Å². The van der Waals surface area contributed by atoms with Crippen molar-refractivity contribution in [2.45, 2.75) is 33.2 Å². The van der Waals surface area contributed by atoms with Gasteiger partial charge < -0.3 is 4.90 Å². The van der Waals surface area contributed by atoms with E-state index >= 15 is 0 Å². The van der Waals surface area contributed by atoms with Crippen LogP contribution in [0.4, 0.5) is 5.69 Å². The molecule has 26 heavy (non-hydrogen) atoms. The lowest BCUT2D eigenvalue weighted by molar-refractivity contribution is -0.119. The SMILES string of the molecule is Cc1cc(=O)n(CC(=O)N2CCCc3ccccc32)c2c1c(C)nn2C. The highest BCUT2D eigenvalue weighted by molar-refractivity contribution is 5.95. The summed E-state index contributed by atoms with van der Waals surface area (Å²) in [5.41, 5.74) is 4.43. The van der Waals surface area contributed by atoms with Crippen molar-refractivity contribution in [3.63, 3.8) is 0 Å². The van der Waals surface area contributed by atoms with Crippen molar-refractivity contribution in [3.05, 3.63) is 57.5 Å². The molecular weight excluding hydrogens is 328 g/mol. The van der Waals surface area contributed by atoms with Gasteiger partial charge in [0.25, 0.3) is 5.56 Å². The van der Waals surface area contributed by atoms with E-state index in [1.54, 1.807) is 20.2 Å². The summed E-state index contributed by atoms with van der Waals surface area (Å²) in [7, 11) is 1.81. The Labute approximate surface area is 151 Å². The molecule has 1 aromatic carbocycles. The van der Waals surface area contributed by atoms with Gasteiger partial charge in [0.15, 0.2) is 0 Å². The molecule has 0 saturated carbocycles. The molecule has 3 aromatic rings. The molecule has 0 atom stereocenters. The number of fused-ring (bicyclic) bond motifs is 2. The van der Waals surface area contributed by atoms with Gasteiger partial charge in [-0.15, -0.1) is 0 Å². The number of aromatic nitrogens is 3. The average molecular weight is 350 g/mol. The van der Waals surface area contributed by atoms with Gasteiger partial charge in [-0.2, -0.15) is 5.10 Å². The van der Waals surface area contributed by atoms with Gasteiger partial charge >= 0.3 is 0 Å². The van der Waals surface area contributed by atoms with Gasteiger partial charge in [0.05, 0.1) is 5.69 Å². The van der Waals surface area contributed by atoms with Crippen LogP contribution < -0.4 is 10.5 Å². The molecule has 2 aromatic heterocycles. The number of carbonyl (C=O) groups is 1. The monoisotopic (exact) mass is 350 g/mol. The zero-order chi connectivity index (χ0) is 18.4. The highest BCUT2D eigenvalue weighted by Gasteiger charge is 2.24. The molecular formula is C20H22N4O2. The van der Waals surface area contributed by atoms with E-state index in [2.05, 4.69) is 11.2 Å². The number of rotatable bonds is 2. The third-order valence-electron chi connectivity index (χ3n) is 5.15. The smallest absolute Gasteiger partial charge is 0.252 e. The number of para-hydroxylation sites is 1. The topological polar surface area (TPSA) is 60.1 Å². The van der Waals surface area contributed by atoms with Gasteiger partial charge in [-0.05, 0) is 43.9 Å². The van der Waals surface area contributed by atoms with E-state index in [4.69, 9.17) is 0 Å². The minimum Gasteiger partial charge on any atom is -0.311 e. The lowest BCUT2D eigenvalue weighted by Gasteiger charge is -2.29. The fourth-order valence-electron chi connectivity index (χ4n) is 4.02. The molecule has 4 rings (SSSR count). The molecule has 1 aliphatic heterocycles. The third kappa shape index (κ3) is 2.53. The van der Waals surface area contributed by atoms with Gasteiger partial charge in [0.2, 0.25) is 5.91 Å². The largest absolute Gasteiger partial charge is 0.311 e. The van der Waals surface area contributed by atoms with Crippen molar-refractivity contribution < 1.29 is 4.79 Å². The van der Waals surface area contributed by atoms with Crippen LogP contribution in [0.1, 0.15) is 23.2 Å². The van der Waals surface area contributed by atoms with Gasteiger partial charge in [-0.3, -0.25) is 18.8 Å². The normalized spacial score (nSPS) is 13.9. The first-order chi connectivity index (χ1) is 12.5. The van der Waals surface area contributed by atoms with Crippen molar-refractivity contribution in [3.8, 4) is 0 Å². The predicted octanol–water partition coefficient (Wildman–Crippen LogP) is 2.33. The van der Waals surface area contributed by atoms with Crippen molar-refractivity contribution in [1.82, 2.24) is 14.3 Å². The van der Waals surface area contributed by atoms with E-state index in [1.807, 2.05) is 39.1 Å². The average Bonchev–Trinajstić information content (AvgIpc) is 2.92.